The molecule has 0 fully saturated rings. The first-order valence-corrected chi connectivity index (χ1v) is 10.3. The van der Waals surface area contributed by atoms with Crippen LogP contribution in [0.25, 0.3) is 11.5 Å². The van der Waals surface area contributed by atoms with Gasteiger partial charge in [-0.3, -0.25) is 4.79 Å². The highest BCUT2D eigenvalue weighted by Gasteiger charge is 2.25. The number of aryl methyl sites for hydroxylation is 1. The van der Waals surface area contributed by atoms with E-state index in [0.29, 0.717) is 5.89 Å². The summed E-state index contributed by atoms with van der Waals surface area (Å²) in [6.45, 7) is 2.99. The third-order valence-corrected chi connectivity index (χ3v) is 6.02. The van der Waals surface area contributed by atoms with E-state index in [1.807, 2.05) is 37.3 Å². The zero-order chi connectivity index (χ0) is 21.0. The molecule has 0 N–H and O–H groups in total. The van der Waals surface area contributed by atoms with Gasteiger partial charge < -0.3 is 9.15 Å². The number of aromatic nitrogens is 2. The van der Waals surface area contributed by atoms with Crippen LogP contribution in [0.1, 0.15) is 24.5 Å². The highest BCUT2D eigenvalue weighted by Crippen LogP contribution is 2.22. The topological polar surface area (TPSA) is 103 Å². The van der Waals surface area contributed by atoms with E-state index in [1.165, 1.54) is 19.2 Å². The lowest BCUT2D eigenvalue weighted by molar-refractivity contribution is -0.149. The first-order valence-electron chi connectivity index (χ1n) is 8.88. The van der Waals surface area contributed by atoms with Crippen molar-refractivity contribution in [3.63, 3.8) is 0 Å². The summed E-state index contributed by atoms with van der Waals surface area (Å²) < 4.78 is 36.9. The van der Waals surface area contributed by atoms with E-state index in [2.05, 4.69) is 10.2 Å². The Balaban J connectivity index is 1.63. The lowest BCUT2D eigenvalue weighted by atomic mass is 10.2. The lowest BCUT2D eigenvalue weighted by Crippen LogP contribution is -2.33. The fraction of sp³-hybridized carbons (Fsp3) is 0.250. The maximum atomic E-state index is 12.6. The van der Waals surface area contributed by atoms with Crippen LogP contribution < -0.4 is 0 Å². The molecule has 29 heavy (non-hydrogen) atoms. The number of benzene rings is 2. The van der Waals surface area contributed by atoms with E-state index in [1.54, 1.807) is 19.1 Å². The van der Waals surface area contributed by atoms with Gasteiger partial charge in [-0.15, -0.1) is 10.2 Å². The van der Waals surface area contributed by atoms with Crippen LogP contribution in [0.2, 0.25) is 0 Å². The van der Waals surface area contributed by atoms with Crippen LogP contribution in [-0.4, -0.2) is 42.5 Å². The van der Waals surface area contributed by atoms with Gasteiger partial charge in [-0.1, -0.05) is 35.9 Å². The molecule has 1 heterocycles. The van der Waals surface area contributed by atoms with Crippen molar-refractivity contribution < 1.29 is 22.4 Å². The number of carbonyl (C=O) groups excluding carboxylic acids is 1. The van der Waals surface area contributed by atoms with Crippen LogP contribution in [0.4, 0.5) is 0 Å². The number of carbonyl (C=O) groups is 1. The number of nitrogens with zero attached hydrogens (tertiary/aromatic N) is 3. The van der Waals surface area contributed by atoms with E-state index < -0.39 is 28.6 Å². The third-order valence-electron chi connectivity index (χ3n) is 4.20. The molecule has 152 valence electrons. The van der Waals surface area contributed by atoms with Gasteiger partial charge in [-0.2, -0.15) is 4.31 Å². The minimum absolute atomic E-state index is 0.107. The molecule has 2 aromatic carbocycles. The summed E-state index contributed by atoms with van der Waals surface area (Å²) in [7, 11) is -2.48. The molecule has 0 amide bonds. The second kappa shape index (κ2) is 8.54. The molecule has 0 aliphatic heterocycles. The SMILES string of the molecule is Cc1ccc(S(=O)(=O)N(C)CC(=O)O[C@@H](C)c2nnc(-c3ccccc3)o2)cc1. The quantitative estimate of drug-likeness (QED) is 0.547. The molecule has 1 aromatic heterocycles. The second-order valence-corrected chi connectivity index (χ2v) is 8.56. The van der Waals surface area contributed by atoms with Gasteiger partial charge in [0.1, 0.15) is 6.54 Å². The van der Waals surface area contributed by atoms with Crippen LogP contribution >= 0.6 is 0 Å². The Labute approximate surface area is 169 Å². The number of rotatable bonds is 7. The highest BCUT2D eigenvalue weighted by atomic mass is 32.2. The fourth-order valence-corrected chi connectivity index (χ4v) is 3.65. The standard InChI is InChI=1S/C20H21N3O5S/c1-14-9-11-17(12-10-14)29(25,26)23(3)13-18(24)27-15(2)19-21-22-20(28-19)16-7-5-4-6-8-16/h4-12,15H,13H2,1-3H3/t15-/m0/s1. The van der Waals surface area contributed by atoms with E-state index in [4.69, 9.17) is 9.15 Å². The Morgan fingerprint density at radius 3 is 2.41 bits per heavy atom. The van der Waals surface area contributed by atoms with E-state index in [-0.39, 0.29) is 10.8 Å². The number of likely N-dealkylation sites (N-methyl/N-ethyl adjacent to an activating group) is 1. The van der Waals surface area contributed by atoms with Crippen molar-refractivity contribution in [3.05, 3.63) is 66.1 Å². The summed E-state index contributed by atoms with van der Waals surface area (Å²) in [5.74, 6) is -0.293. The van der Waals surface area contributed by atoms with E-state index >= 15 is 0 Å². The molecule has 3 rings (SSSR count). The van der Waals surface area contributed by atoms with E-state index in [0.717, 1.165) is 15.4 Å². The maximum Gasteiger partial charge on any atom is 0.322 e. The molecule has 8 nitrogen and oxygen atoms in total. The lowest BCUT2D eigenvalue weighted by Gasteiger charge is -2.17. The highest BCUT2D eigenvalue weighted by molar-refractivity contribution is 7.89. The first kappa shape index (κ1) is 20.7. The molecule has 0 unspecified atom stereocenters. The van der Waals surface area contributed by atoms with Crippen LogP contribution in [0.15, 0.2) is 63.9 Å². The average Bonchev–Trinajstić information content (AvgIpc) is 3.19. The molecule has 0 bridgehead atoms. The van der Waals surface area contributed by atoms with Gasteiger partial charge in [0.2, 0.25) is 15.9 Å². The predicted molar refractivity (Wildman–Crippen MR) is 105 cm³/mol. The largest absolute Gasteiger partial charge is 0.452 e. The van der Waals surface area contributed by atoms with Gasteiger partial charge >= 0.3 is 5.97 Å². The fourth-order valence-electron chi connectivity index (χ4n) is 2.54. The molecular formula is C20H21N3O5S. The number of ether oxygens (including phenoxy) is 1. The Hall–Kier alpha value is -3.04. The number of hydrogen-bond acceptors (Lipinski definition) is 7. The van der Waals surface area contributed by atoms with Crippen molar-refractivity contribution in [1.29, 1.82) is 0 Å². The second-order valence-electron chi connectivity index (χ2n) is 6.52. The van der Waals surface area contributed by atoms with Crippen LogP contribution in [0.5, 0.6) is 0 Å². The zero-order valence-corrected chi connectivity index (χ0v) is 17.1. The van der Waals surface area contributed by atoms with Gasteiger partial charge in [-0.25, -0.2) is 8.42 Å². The summed E-state index contributed by atoms with van der Waals surface area (Å²) in [6.07, 6.45) is -0.817. The molecular weight excluding hydrogens is 394 g/mol. The molecule has 0 aliphatic rings. The zero-order valence-electron chi connectivity index (χ0n) is 16.3. The summed E-state index contributed by atoms with van der Waals surface area (Å²) >= 11 is 0. The Morgan fingerprint density at radius 2 is 1.76 bits per heavy atom. The smallest absolute Gasteiger partial charge is 0.322 e. The molecule has 0 spiro atoms. The molecule has 9 heteroatoms. The Morgan fingerprint density at radius 1 is 1.10 bits per heavy atom. The van der Waals surface area contributed by atoms with E-state index in [9.17, 15) is 13.2 Å². The van der Waals surface area contributed by atoms with Crippen LogP contribution in [0, 0.1) is 6.92 Å². The van der Waals surface area contributed by atoms with Gasteiger partial charge in [0.05, 0.1) is 4.90 Å². The van der Waals surface area contributed by atoms with Crippen molar-refractivity contribution in [2.24, 2.45) is 0 Å². The van der Waals surface area contributed by atoms with Gasteiger partial charge in [0.15, 0.2) is 6.10 Å². The van der Waals surface area contributed by atoms with Crippen molar-refractivity contribution in [2.75, 3.05) is 13.6 Å². The first-order chi connectivity index (χ1) is 13.8. The predicted octanol–water partition coefficient (Wildman–Crippen LogP) is 2.97. The van der Waals surface area contributed by atoms with Crippen LogP contribution in [0.3, 0.4) is 0 Å². The van der Waals surface area contributed by atoms with Crippen molar-refractivity contribution in [3.8, 4) is 11.5 Å². The third kappa shape index (κ3) is 4.87. The minimum Gasteiger partial charge on any atom is -0.452 e. The van der Waals surface area contributed by atoms with Crippen molar-refractivity contribution in [1.82, 2.24) is 14.5 Å². The number of hydrogen-bond donors (Lipinski definition) is 0. The molecule has 0 radical (unpaired) electrons. The molecule has 3 aromatic rings. The summed E-state index contributed by atoms with van der Waals surface area (Å²) in [6, 6.07) is 15.6. The Kier molecular flexibility index (Phi) is 6.09. The maximum absolute atomic E-state index is 12.6. The average molecular weight is 415 g/mol. The molecule has 0 saturated heterocycles. The summed E-state index contributed by atoms with van der Waals surface area (Å²) in [4.78, 5) is 12.3. The summed E-state index contributed by atoms with van der Waals surface area (Å²) in [5, 5.41) is 7.85. The Bertz CT molecular complexity index is 1080. The van der Waals surface area contributed by atoms with Gasteiger partial charge in [0.25, 0.3) is 5.89 Å². The monoisotopic (exact) mass is 415 g/mol. The van der Waals surface area contributed by atoms with Crippen LogP contribution in [-0.2, 0) is 19.6 Å². The minimum atomic E-state index is -3.80. The number of esters is 1. The molecule has 0 aliphatic carbocycles. The normalized spacial score (nSPS) is 12.7. The van der Waals surface area contributed by atoms with Crippen molar-refractivity contribution in [2.45, 2.75) is 24.8 Å². The molecule has 1 atom stereocenters. The van der Waals surface area contributed by atoms with Gasteiger partial charge in [0, 0.05) is 12.6 Å². The summed E-state index contributed by atoms with van der Waals surface area (Å²) in [5.41, 5.74) is 1.68. The number of sulfonamides is 1. The molecule has 0 saturated carbocycles. The van der Waals surface area contributed by atoms with Gasteiger partial charge in [-0.05, 0) is 38.1 Å². The van der Waals surface area contributed by atoms with Crippen molar-refractivity contribution >= 4 is 16.0 Å².